The molecule has 0 saturated heterocycles. The van der Waals surface area contributed by atoms with Gasteiger partial charge in [-0.25, -0.2) is 4.79 Å². The van der Waals surface area contributed by atoms with Gasteiger partial charge in [-0.15, -0.1) is 0 Å². The number of rotatable bonds is 6. The maximum atomic E-state index is 11.6. The molecule has 0 aromatic heterocycles. The Kier molecular flexibility index (Phi) is 5.69. The fourth-order valence-electron chi connectivity index (χ4n) is 2.88. The highest BCUT2D eigenvalue weighted by Gasteiger charge is 2.10. The Morgan fingerprint density at radius 2 is 1.38 bits per heavy atom. The Hall–Kier alpha value is -3.07. The molecule has 0 atom stereocenters. The SMILES string of the molecule is COC(=O)c1ccc(CN(Cc2ccccc2)c2ccc(C)cc2)cc1. The Morgan fingerprint density at radius 3 is 1.96 bits per heavy atom. The van der Waals surface area contributed by atoms with Gasteiger partial charge in [-0.1, -0.05) is 60.2 Å². The van der Waals surface area contributed by atoms with Gasteiger partial charge in [0.25, 0.3) is 0 Å². The molecule has 0 amide bonds. The number of carbonyl (C=O) groups excluding carboxylic acids is 1. The van der Waals surface area contributed by atoms with Crippen LogP contribution in [-0.2, 0) is 17.8 Å². The number of hydrogen-bond donors (Lipinski definition) is 0. The minimum atomic E-state index is -0.309. The predicted octanol–water partition coefficient (Wildman–Crippen LogP) is 4.99. The van der Waals surface area contributed by atoms with E-state index in [4.69, 9.17) is 4.74 Å². The molecular weight excluding hydrogens is 322 g/mol. The third-order valence-electron chi connectivity index (χ3n) is 4.36. The quantitative estimate of drug-likeness (QED) is 0.590. The van der Waals surface area contributed by atoms with Gasteiger partial charge in [0, 0.05) is 18.8 Å². The largest absolute Gasteiger partial charge is 0.465 e. The molecule has 0 bridgehead atoms. The number of esters is 1. The van der Waals surface area contributed by atoms with E-state index in [9.17, 15) is 4.79 Å². The standard InChI is InChI=1S/C23H23NO2/c1-18-8-14-22(15-9-18)24(16-19-6-4-3-5-7-19)17-20-10-12-21(13-11-20)23(25)26-2/h3-15H,16-17H2,1-2H3. The summed E-state index contributed by atoms with van der Waals surface area (Å²) < 4.78 is 4.77. The molecule has 0 saturated carbocycles. The average Bonchev–Trinajstić information content (AvgIpc) is 2.69. The van der Waals surface area contributed by atoms with E-state index in [-0.39, 0.29) is 5.97 Å². The highest BCUT2D eigenvalue weighted by atomic mass is 16.5. The first-order chi connectivity index (χ1) is 12.7. The molecule has 3 nitrogen and oxygen atoms in total. The van der Waals surface area contributed by atoms with Crippen LogP contribution in [-0.4, -0.2) is 13.1 Å². The monoisotopic (exact) mass is 345 g/mol. The average molecular weight is 345 g/mol. The molecule has 3 rings (SSSR count). The lowest BCUT2D eigenvalue weighted by Gasteiger charge is -2.25. The number of aryl methyl sites for hydroxylation is 1. The Morgan fingerprint density at radius 1 is 0.808 bits per heavy atom. The molecule has 0 unspecified atom stereocenters. The van der Waals surface area contributed by atoms with E-state index in [2.05, 4.69) is 60.4 Å². The second-order valence-electron chi connectivity index (χ2n) is 6.37. The summed E-state index contributed by atoms with van der Waals surface area (Å²) in [5.41, 5.74) is 5.40. The van der Waals surface area contributed by atoms with Crippen LogP contribution in [0.1, 0.15) is 27.0 Å². The highest BCUT2D eigenvalue weighted by molar-refractivity contribution is 5.89. The van der Waals surface area contributed by atoms with Crippen LogP contribution in [0, 0.1) is 6.92 Å². The normalized spacial score (nSPS) is 10.4. The predicted molar refractivity (Wildman–Crippen MR) is 105 cm³/mol. The van der Waals surface area contributed by atoms with Crippen LogP contribution in [0.15, 0.2) is 78.9 Å². The van der Waals surface area contributed by atoms with Crippen LogP contribution in [0.2, 0.25) is 0 Å². The first-order valence-corrected chi connectivity index (χ1v) is 8.68. The number of methoxy groups -OCH3 is 1. The maximum absolute atomic E-state index is 11.6. The molecule has 3 aromatic carbocycles. The lowest BCUT2D eigenvalue weighted by molar-refractivity contribution is 0.0600. The first kappa shape index (κ1) is 17.7. The zero-order chi connectivity index (χ0) is 18.4. The van der Waals surface area contributed by atoms with Crippen LogP contribution in [0.5, 0.6) is 0 Å². The van der Waals surface area contributed by atoms with Crippen LogP contribution < -0.4 is 4.90 Å². The Bertz CT molecular complexity index is 840. The zero-order valence-electron chi connectivity index (χ0n) is 15.2. The third kappa shape index (κ3) is 4.51. The van der Waals surface area contributed by atoms with E-state index in [1.165, 1.54) is 23.9 Å². The fraction of sp³-hybridized carbons (Fsp3) is 0.174. The molecule has 0 aliphatic rings. The third-order valence-corrected chi connectivity index (χ3v) is 4.36. The van der Waals surface area contributed by atoms with Gasteiger partial charge in [0.15, 0.2) is 0 Å². The zero-order valence-corrected chi connectivity index (χ0v) is 15.2. The van der Waals surface area contributed by atoms with E-state index < -0.39 is 0 Å². The van der Waals surface area contributed by atoms with Crippen molar-refractivity contribution >= 4 is 11.7 Å². The molecule has 3 heteroatoms. The van der Waals surface area contributed by atoms with Gasteiger partial charge < -0.3 is 9.64 Å². The van der Waals surface area contributed by atoms with Crippen LogP contribution in [0.25, 0.3) is 0 Å². The fourth-order valence-corrected chi connectivity index (χ4v) is 2.88. The van der Waals surface area contributed by atoms with Gasteiger partial charge in [-0.2, -0.15) is 0 Å². The molecule has 132 valence electrons. The molecule has 0 heterocycles. The van der Waals surface area contributed by atoms with Crippen molar-refractivity contribution in [2.24, 2.45) is 0 Å². The van der Waals surface area contributed by atoms with Gasteiger partial charge in [-0.05, 0) is 42.3 Å². The topological polar surface area (TPSA) is 29.5 Å². The lowest BCUT2D eigenvalue weighted by Crippen LogP contribution is -2.22. The summed E-state index contributed by atoms with van der Waals surface area (Å²) in [6.45, 7) is 3.68. The number of hydrogen-bond acceptors (Lipinski definition) is 3. The van der Waals surface area contributed by atoms with E-state index in [0.29, 0.717) is 5.56 Å². The summed E-state index contributed by atoms with van der Waals surface area (Å²) in [6, 6.07) is 26.6. The molecule has 0 fully saturated rings. The summed E-state index contributed by atoms with van der Waals surface area (Å²) in [7, 11) is 1.40. The minimum Gasteiger partial charge on any atom is -0.465 e. The van der Waals surface area contributed by atoms with Crippen molar-refractivity contribution in [2.75, 3.05) is 12.0 Å². The number of anilines is 1. The highest BCUT2D eigenvalue weighted by Crippen LogP contribution is 2.21. The summed E-state index contributed by atoms with van der Waals surface area (Å²) in [6.07, 6.45) is 0. The van der Waals surface area contributed by atoms with Gasteiger partial charge in [0.1, 0.15) is 0 Å². The van der Waals surface area contributed by atoms with E-state index in [1.54, 1.807) is 0 Å². The van der Waals surface area contributed by atoms with Crippen LogP contribution >= 0.6 is 0 Å². The number of ether oxygens (including phenoxy) is 1. The van der Waals surface area contributed by atoms with E-state index >= 15 is 0 Å². The number of nitrogens with zero attached hydrogens (tertiary/aromatic N) is 1. The second kappa shape index (κ2) is 8.34. The molecule has 0 aliphatic heterocycles. The van der Waals surface area contributed by atoms with Crippen molar-refractivity contribution in [3.8, 4) is 0 Å². The van der Waals surface area contributed by atoms with Crippen molar-refractivity contribution in [1.82, 2.24) is 0 Å². The maximum Gasteiger partial charge on any atom is 0.337 e. The molecule has 26 heavy (non-hydrogen) atoms. The number of benzene rings is 3. The van der Waals surface area contributed by atoms with E-state index in [1.807, 2.05) is 30.3 Å². The summed E-state index contributed by atoms with van der Waals surface area (Å²) in [5, 5.41) is 0. The van der Waals surface area contributed by atoms with Gasteiger partial charge in [-0.3, -0.25) is 0 Å². The number of carbonyl (C=O) groups is 1. The van der Waals surface area contributed by atoms with Crippen molar-refractivity contribution in [2.45, 2.75) is 20.0 Å². The summed E-state index contributed by atoms with van der Waals surface area (Å²) >= 11 is 0. The molecule has 0 N–H and O–H groups in total. The van der Waals surface area contributed by atoms with Crippen molar-refractivity contribution in [3.63, 3.8) is 0 Å². The van der Waals surface area contributed by atoms with Gasteiger partial charge in [0.2, 0.25) is 0 Å². The van der Waals surface area contributed by atoms with Crippen molar-refractivity contribution in [1.29, 1.82) is 0 Å². The summed E-state index contributed by atoms with van der Waals surface area (Å²) in [4.78, 5) is 13.9. The van der Waals surface area contributed by atoms with Crippen LogP contribution in [0.3, 0.4) is 0 Å². The van der Waals surface area contributed by atoms with Crippen LogP contribution in [0.4, 0.5) is 5.69 Å². The molecule has 0 spiro atoms. The van der Waals surface area contributed by atoms with E-state index in [0.717, 1.165) is 18.7 Å². The molecule has 0 aliphatic carbocycles. The first-order valence-electron chi connectivity index (χ1n) is 8.68. The smallest absolute Gasteiger partial charge is 0.337 e. The molecule has 0 radical (unpaired) electrons. The van der Waals surface area contributed by atoms with Crippen molar-refractivity contribution < 1.29 is 9.53 Å². The molecular formula is C23H23NO2. The Balaban J connectivity index is 1.83. The lowest BCUT2D eigenvalue weighted by atomic mass is 10.1. The minimum absolute atomic E-state index is 0.309. The summed E-state index contributed by atoms with van der Waals surface area (Å²) in [5.74, 6) is -0.309. The second-order valence-corrected chi connectivity index (χ2v) is 6.37. The van der Waals surface area contributed by atoms with Gasteiger partial charge in [0.05, 0.1) is 12.7 Å². The van der Waals surface area contributed by atoms with Gasteiger partial charge >= 0.3 is 5.97 Å². The Labute approximate surface area is 154 Å². The van der Waals surface area contributed by atoms with Crippen molar-refractivity contribution in [3.05, 3.63) is 101 Å². The molecule has 3 aromatic rings.